The Morgan fingerprint density at radius 2 is 2.00 bits per heavy atom. The normalized spacial score (nSPS) is 10.6. The Hall–Kier alpha value is -1.57. The van der Waals surface area contributed by atoms with Gasteiger partial charge < -0.3 is 0 Å². The number of nitro groups is 1. The van der Waals surface area contributed by atoms with Gasteiger partial charge in [0.1, 0.15) is 0 Å². The summed E-state index contributed by atoms with van der Waals surface area (Å²) in [5, 5.41) is 10.8. The maximum atomic E-state index is 11.9. The predicted octanol–water partition coefficient (Wildman–Crippen LogP) is 1.04. The van der Waals surface area contributed by atoms with E-state index in [9.17, 15) is 19.7 Å². The molecule has 0 aliphatic rings. The van der Waals surface area contributed by atoms with Crippen LogP contribution in [0.15, 0.2) is 15.8 Å². The number of unbranched alkanes of at least 4 members (excludes halogenated alkanes) is 2. The first kappa shape index (κ1) is 15.5. The predicted molar refractivity (Wildman–Crippen MR) is 75.0 cm³/mol. The molecule has 1 aromatic rings. The molecule has 106 valence electrons. The smallest absolute Gasteiger partial charge is 0.294 e. The van der Waals surface area contributed by atoms with Crippen molar-refractivity contribution in [2.75, 3.05) is 5.75 Å². The Morgan fingerprint density at radius 3 is 2.53 bits per heavy atom. The number of aryl methyl sites for hydroxylation is 1. The standard InChI is InChI=1S/C11H17N3O4S/c1-2-12-8-9(14(17)18)10(15)13(11(12)16)6-4-3-5-7-19/h8,19H,2-7H2,1H3. The van der Waals surface area contributed by atoms with Crippen molar-refractivity contribution in [1.29, 1.82) is 0 Å². The average molecular weight is 287 g/mol. The van der Waals surface area contributed by atoms with Crippen molar-refractivity contribution in [3.63, 3.8) is 0 Å². The van der Waals surface area contributed by atoms with Gasteiger partial charge in [0.15, 0.2) is 0 Å². The molecule has 0 radical (unpaired) electrons. The van der Waals surface area contributed by atoms with Crippen molar-refractivity contribution >= 4 is 18.3 Å². The van der Waals surface area contributed by atoms with Crippen LogP contribution in [0.1, 0.15) is 26.2 Å². The fraction of sp³-hybridized carbons (Fsp3) is 0.636. The van der Waals surface area contributed by atoms with Gasteiger partial charge in [-0.05, 0) is 25.5 Å². The Morgan fingerprint density at radius 1 is 1.32 bits per heavy atom. The SMILES string of the molecule is CCn1cc([N+](=O)[O-])c(=O)n(CCCCCS)c1=O. The number of hydrogen-bond donors (Lipinski definition) is 1. The summed E-state index contributed by atoms with van der Waals surface area (Å²) < 4.78 is 2.12. The lowest BCUT2D eigenvalue weighted by molar-refractivity contribution is -0.387. The molecule has 0 saturated carbocycles. The summed E-state index contributed by atoms with van der Waals surface area (Å²) in [4.78, 5) is 33.8. The van der Waals surface area contributed by atoms with Crippen molar-refractivity contribution in [2.24, 2.45) is 0 Å². The van der Waals surface area contributed by atoms with Crippen LogP contribution in [0.3, 0.4) is 0 Å². The van der Waals surface area contributed by atoms with Crippen LogP contribution in [0.5, 0.6) is 0 Å². The van der Waals surface area contributed by atoms with Crippen molar-refractivity contribution in [3.8, 4) is 0 Å². The lowest BCUT2D eigenvalue weighted by Gasteiger charge is -2.08. The number of thiol groups is 1. The summed E-state index contributed by atoms with van der Waals surface area (Å²) in [6.45, 7) is 2.19. The summed E-state index contributed by atoms with van der Waals surface area (Å²) in [7, 11) is 0. The highest BCUT2D eigenvalue weighted by Gasteiger charge is 2.18. The highest BCUT2D eigenvalue weighted by Crippen LogP contribution is 2.02. The van der Waals surface area contributed by atoms with Crippen LogP contribution < -0.4 is 11.2 Å². The summed E-state index contributed by atoms with van der Waals surface area (Å²) in [6, 6.07) is 0. The number of aromatic nitrogens is 2. The zero-order chi connectivity index (χ0) is 14.4. The van der Waals surface area contributed by atoms with Gasteiger partial charge in [-0.2, -0.15) is 12.6 Å². The fourth-order valence-corrected chi connectivity index (χ4v) is 1.97. The molecule has 1 aromatic heterocycles. The van der Waals surface area contributed by atoms with E-state index in [1.54, 1.807) is 6.92 Å². The van der Waals surface area contributed by atoms with Gasteiger partial charge >= 0.3 is 16.9 Å². The van der Waals surface area contributed by atoms with Gasteiger partial charge in [0.05, 0.1) is 11.1 Å². The second kappa shape index (κ2) is 7.13. The van der Waals surface area contributed by atoms with Crippen LogP contribution in [-0.2, 0) is 13.1 Å². The van der Waals surface area contributed by atoms with Crippen LogP contribution >= 0.6 is 12.6 Å². The zero-order valence-corrected chi connectivity index (χ0v) is 11.6. The topological polar surface area (TPSA) is 87.1 Å². The minimum absolute atomic E-state index is 0.202. The van der Waals surface area contributed by atoms with E-state index in [2.05, 4.69) is 12.6 Å². The summed E-state index contributed by atoms with van der Waals surface area (Å²) >= 11 is 4.07. The van der Waals surface area contributed by atoms with E-state index in [0.29, 0.717) is 6.42 Å². The van der Waals surface area contributed by atoms with Crippen molar-refractivity contribution in [2.45, 2.75) is 39.3 Å². The molecule has 0 fully saturated rings. The van der Waals surface area contributed by atoms with Gasteiger partial charge in [-0.3, -0.25) is 24.0 Å². The van der Waals surface area contributed by atoms with E-state index in [-0.39, 0.29) is 13.1 Å². The molecule has 0 aromatic carbocycles. The van der Waals surface area contributed by atoms with E-state index in [1.807, 2.05) is 0 Å². The van der Waals surface area contributed by atoms with E-state index in [0.717, 1.165) is 29.4 Å². The molecular weight excluding hydrogens is 270 g/mol. The first-order valence-corrected chi connectivity index (χ1v) is 6.75. The summed E-state index contributed by atoms with van der Waals surface area (Å²) in [6.07, 6.45) is 3.34. The molecule has 0 saturated heterocycles. The van der Waals surface area contributed by atoms with Crippen molar-refractivity contribution in [1.82, 2.24) is 9.13 Å². The molecule has 1 rings (SSSR count). The first-order chi connectivity index (χ1) is 9.02. The maximum absolute atomic E-state index is 11.9. The second-order valence-electron chi connectivity index (χ2n) is 4.08. The van der Waals surface area contributed by atoms with Gasteiger partial charge in [0, 0.05) is 13.1 Å². The molecular formula is C11H17N3O4S. The van der Waals surface area contributed by atoms with Crippen LogP contribution in [0.4, 0.5) is 5.69 Å². The van der Waals surface area contributed by atoms with E-state index in [1.165, 1.54) is 4.57 Å². The number of nitrogens with zero attached hydrogens (tertiary/aromatic N) is 3. The van der Waals surface area contributed by atoms with Crippen LogP contribution in [0.25, 0.3) is 0 Å². The molecule has 0 amide bonds. The molecule has 0 aliphatic carbocycles. The third-order valence-electron chi connectivity index (χ3n) is 2.80. The van der Waals surface area contributed by atoms with E-state index >= 15 is 0 Å². The average Bonchev–Trinajstić information content (AvgIpc) is 2.37. The Kier molecular flexibility index (Phi) is 5.81. The molecule has 0 atom stereocenters. The molecule has 0 spiro atoms. The second-order valence-corrected chi connectivity index (χ2v) is 4.53. The number of hydrogen-bond acceptors (Lipinski definition) is 5. The molecule has 1 heterocycles. The third kappa shape index (κ3) is 3.69. The van der Waals surface area contributed by atoms with Gasteiger partial charge in [0.2, 0.25) is 0 Å². The maximum Gasteiger partial charge on any atom is 0.350 e. The summed E-state index contributed by atoms with van der Waals surface area (Å²) in [5.41, 5.74) is -1.88. The van der Waals surface area contributed by atoms with Crippen molar-refractivity contribution < 1.29 is 4.92 Å². The first-order valence-electron chi connectivity index (χ1n) is 6.12. The largest absolute Gasteiger partial charge is 0.350 e. The minimum Gasteiger partial charge on any atom is -0.294 e. The van der Waals surface area contributed by atoms with Crippen LogP contribution in [0, 0.1) is 10.1 Å². The molecule has 8 heteroatoms. The number of rotatable bonds is 7. The zero-order valence-electron chi connectivity index (χ0n) is 10.7. The van der Waals surface area contributed by atoms with Gasteiger partial charge in [0.25, 0.3) is 0 Å². The quantitative estimate of drug-likeness (QED) is 0.351. The van der Waals surface area contributed by atoms with E-state index in [4.69, 9.17) is 0 Å². The monoisotopic (exact) mass is 287 g/mol. The molecule has 0 bridgehead atoms. The molecule has 0 unspecified atom stereocenters. The third-order valence-corrected chi connectivity index (χ3v) is 3.11. The Balaban J connectivity index is 3.14. The molecule has 0 N–H and O–H groups in total. The van der Waals surface area contributed by atoms with Gasteiger partial charge in [-0.1, -0.05) is 6.42 Å². The molecule has 0 aliphatic heterocycles. The Labute approximate surface area is 115 Å². The van der Waals surface area contributed by atoms with Gasteiger partial charge in [-0.15, -0.1) is 0 Å². The lowest BCUT2D eigenvalue weighted by atomic mass is 10.2. The Bertz CT molecular complexity index is 564. The highest BCUT2D eigenvalue weighted by atomic mass is 32.1. The van der Waals surface area contributed by atoms with E-state index < -0.39 is 21.9 Å². The fourth-order valence-electron chi connectivity index (χ4n) is 1.75. The van der Waals surface area contributed by atoms with Crippen LogP contribution in [0.2, 0.25) is 0 Å². The lowest BCUT2D eigenvalue weighted by Crippen LogP contribution is -2.40. The van der Waals surface area contributed by atoms with Crippen LogP contribution in [-0.4, -0.2) is 19.8 Å². The summed E-state index contributed by atoms with van der Waals surface area (Å²) in [5.74, 6) is 0.739. The van der Waals surface area contributed by atoms with Crippen molar-refractivity contribution in [3.05, 3.63) is 37.1 Å². The minimum atomic E-state index is -0.828. The highest BCUT2D eigenvalue weighted by molar-refractivity contribution is 7.80. The molecule has 19 heavy (non-hydrogen) atoms. The molecule has 7 nitrogen and oxygen atoms in total. The van der Waals surface area contributed by atoms with Gasteiger partial charge in [-0.25, -0.2) is 4.79 Å².